The summed E-state index contributed by atoms with van der Waals surface area (Å²) in [5, 5.41) is 2.33. The van der Waals surface area contributed by atoms with Gasteiger partial charge in [0.15, 0.2) is 0 Å². The van der Waals surface area contributed by atoms with Gasteiger partial charge in [-0.05, 0) is 22.3 Å². The molecule has 0 atom stereocenters. The Balaban J connectivity index is 2.24. The van der Waals surface area contributed by atoms with Crippen molar-refractivity contribution in [2.45, 2.75) is 32.7 Å². The molecule has 27 heavy (non-hydrogen) atoms. The van der Waals surface area contributed by atoms with Crippen LogP contribution < -0.4 is 15.9 Å². The van der Waals surface area contributed by atoms with E-state index < -0.39 is 14.4 Å². The zero-order valence-electron chi connectivity index (χ0n) is 16.5. The maximum absolute atomic E-state index is 11.3. The van der Waals surface area contributed by atoms with Gasteiger partial charge in [-0.3, -0.25) is 4.84 Å². The minimum Gasteiger partial charge on any atom is -0.448 e. The highest BCUT2D eigenvalue weighted by atomic mass is 28.4. The molecule has 0 aromatic heterocycles. The van der Waals surface area contributed by atoms with E-state index >= 15 is 0 Å². The van der Waals surface area contributed by atoms with Crippen molar-refractivity contribution in [2.75, 3.05) is 19.8 Å². The number of carbonyl (C=O) groups excluding carboxylic acids is 1. The zero-order valence-corrected chi connectivity index (χ0v) is 17.5. The summed E-state index contributed by atoms with van der Waals surface area (Å²) in [6.07, 6.45) is -0.594. The van der Waals surface area contributed by atoms with E-state index in [9.17, 15) is 4.79 Å². The van der Waals surface area contributed by atoms with E-state index in [1.54, 1.807) is 6.92 Å². The van der Waals surface area contributed by atoms with Gasteiger partial charge in [-0.15, -0.1) is 0 Å². The van der Waals surface area contributed by atoms with Crippen molar-refractivity contribution in [3.05, 3.63) is 60.7 Å². The highest BCUT2D eigenvalue weighted by Gasteiger charge is 2.49. The van der Waals surface area contributed by atoms with E-state index in [1.165, 1.54) is 10.4 Å². The molecule has 2 rings (SSSR count). The fraction of sp³-hybridized carbons (Fsp3) is 0.381. The van der Waals surface area contributed by atoms with E-state index in [-0.39, 0.29) is 11.6 Å². The van der Waals surface area contributed by atoms with Gasteiger partial charge in [-0.25, -0.2) is 4.79 Å². The maximum Gasteiger partial charge on any atom is 0.431 e. The van der Waals surface area contributed by atoms with Crippen LogP contribution in [-0.2, 0) is 14.0 Å². The lowest BCUT2D eigenvalue weighted by Crippen LogP contribution is -2.66. The first-order chi connectivity index (χ1) is 12.9. The average molecular weight is 388 g/mol. The van der Waals surface area contributed by atoms with Crippen LogP contribution in [0.2, 0.25) is 5.04 Å². The summed E-state index contributed by atoms with van der Waals surface area (Å²) in [4.78, 5) is 16.5. The van der Waals surface area contributed by atoms with E-state index in [4.69, 9.17) is 14.0 Å². The monoisotopic (exact) mass is 387 g/mol. The Morgan fingerprint density at radius 3 is 1.89 bits per heavy atom. The molecule has 2 aromatic carbocycles. The van der Waals surface area contributed by atoms with Gasteiger partial charge in [0, 0.05) is 0 Å². The lowest BCUT2D eigenvalue weighted by Gasteiger charge is -2.43. The van der Waals surface area contributed by atoms with Crippen LogP contribution in [0.4, 0.5) is 4.79 Å². The molecule has 0 heterocycles. The van der Waals surface area contributed by atoms with Gasteiger partial charge < -0.3 is 9.16 Å². The first-order valence-corrected chi connectivity index (χ1v) is 11.1. The molecule has 1 N–H and O–H groups in total. The molecule has 0 saturated heterocycles. The maximum atomic E-state index is 11.3. The van der Waals surface area contributed by atoms with Crippen LogP contribution in [0.25, 0.3) is 0 Å². The Labute approximate surface area is 162 Å². The van der Waals surface area contributed by atoms with Gasteiger partial charge in [0.25, 0.3) is 8.32 Å². The molecule has 146 valence electrons. The van der Waals surface area contributed by atoms with Crippen LogP contribution in [0.5, 0.6) is 0 Å². The highest BCUT2D eigenvalue weighted by molar-refractivity contribution is 6.99. The van der Waals surface area contributed by atoms with Gasteiger partial charge in [-0.2, -0.15) is 5.48 Å². The standard InChI is InChI=1S/C21H29NO4Si/c1-5-24-20(23)22-25-16-17-26-27(21(2,3)4,18-12-8-6-9-13-18)19-14-10-7-11-15-19/h6-15H,5,16-17H2,1-4H3,(H,22,23). The average Bonchev–Trinajstić information content (AvgIpc) is 2.65. The molecule has 0 fully saturated rings. The van der Waals surface area contributed by atoms with Crippen molar-refractivity contribution in [2.24, 2.45) is 0 Å². The summed E-state index contributed by atoms with van der Waals surface area (Å²) in [5.41, 5.74) is 2.26. The number of benzene rings is 2. The quantitative estimate of drug-likeness (QED) is 0.429. The van der Waals surface area contributed by atoms with Crippen LogP contribution >= 0.6 is 0 Å². The largest absolute Gasteiger partial charge is 0.448 e. The van der Waals surface area contributed by atoms with E-state index in [1.807, 2.05) is 36.4 Å². The van der Waals surface area contributed by atoms with Crippen LogP contribution in [0.3, 0.4) is 0 Å². The molecular weight excluding hydrogens is 358 g/mol. The molecule has 0 aliphatic rings. The predicted molar refractivity (Wildman–Crippen MR) is 110 cm³/mol. The highest BCUT2D eigenvalue weighted by Crippen LogP contribution is 2.36. The molecular formula is C21H29NO4Si. The van der Waals surface area contributed by atoms with Crippen LogP contribution in [-0.4, -0.2) is 34.2 Å². The van der Waals surface area contributed by atoms with E-state index in [0.29, 0.717) is 13.2 Å². The van der Waals surface area contributed by atoms with Crippen molar-refractivity contribution in [3.8, 4) is 0 Å². The van der Waals surface area contributed by atoms with Crippen molar-refractivity contribution in [1.29, 1.82) is 0 Å². The topological polar surface area (TPSA) is 56.8 Å². The van der Waals surface area contributed by atoms with Crippen molar-refractivity contribution >= 4 is 24.8 Å². The van der Waals surface area contributed by atoms with Gasteiger partial charge >= 0.3 is 6.09 Å². The van der Waals surface area contributed by atoms with Gasteiger partial charge in [0.1, 0.15) is 0 Å². The summed E-state index contributed by atoms with van der Waals surface area (Å²) in [6, 6.07) is 20.8. The molecule has 0 aliphatic heterocycles. The third-order valence-corrected chi connectivity index (χ3v) is 9.39. The van der Waals surface area contributed by atoms with E-state index in [0.717, 1.165) is 0 Å². The number of hydrogen-bond donors (Lipinski definition) is 1. The second-order valence-electron chi connectivity index (χ2n) is 7.18. The first-order valence-electron chi connectivity index (χ1n) is 9.21. The van der Waals surface area contributed by atoms with E-state index in [2.05, 4.69) is 50.5 Å². The molecule has 1 amide bonds. The van der Waals surface area contributed by atoms with Crippen LogP contribution in [0.1, 0.15) is 27.7 Å². The number of rotatable bonds is 8. The minimum absolute atomic E-state index is 0.0930. The van der Waals surface area contributed by atoms with Crippen molar-refractivity contribution in [1.82, 2.24) is 5.48 Å². The Kier molecular flexibility index (Phi) is 7.59. The van der Waals surface area contributed by atoms with Gasteiger partial charge in [-0.1, -0.05) is 81.4 Å². The molecule has 0 bridgehead atoms. The Hall–Kier alpha value is -2.15. The Bertz CT molecular complexity index is 662. The molecule has 5 nitrogen and oxygen atoms in total. The summed E-state index contributed by atoms with van der Waals surface area (Å²) in [5.74, 6) is 0. The van der Waals surface area contributed by atoms with Gasteiger partial charge in [0.2, 0.25) is 0 Å². The second kappa shape index (κ2) is 9.69. The number of hydroxylamine groups is 1. The number of nitrogens with one attached hydrogen (secondary N) is 1. The molecule has 0 radical (unpaired) electrons. The second-order valence-corrected chi connectivity index (χ2v) is 11.5. The van der Waals surface area contributed by atoms with Crippen molar-refractivity contribution in [3.63, 3.8) is 0 Å². The summed E-state index contributed by atoms with van der Waals surface area (Å²) in [6.45, 7) is 9.30. The first kappa shape index (κ1) is 21.2. The Morgan fingerprint density at radius 2 is 1.44 bits per heavy atom. The number of hydrogen-bond acceptors (Lipinski definition) is 4. The summed E-state index contributed by atoms with van der Waals surface area (Å²) in [7, 11) is -2.57. The number of ether oxygens (including phenoxy) is 1. The summed E-state index contributed by atoms with van der Waals surface area (Å²) < 4.78 is 11.4. The molecule has 0 unspecified atom stereocenters. The number of amides is 1. The normalized spacial score (nSPS) is 11.9. The fourth-order valence-corrected chi connectivity index (χ4v) is 7.81. The minimum atomic E-state index is -2.57. The smallest absolute Gasteiger partial charge is 0.431 e. The third-order valence-electron chi connectivity index (χ3n) is 4.35. The molecule has 6 heteroatoms. The lowest BCUT2D eigenvalue weighted by molar-refractivity contribution is 0.0150. The molecule has 0 saturated carbocycles. The fourth-order valence-electron chi connectivity index (χ4n) is 3.27. The molecule has 0 spiro atoms. The third kappa shape index (κ3) is 5.19. The Morgan fingerprint density at radius 1 is 0.926 bits per heavy atom. The van der Waals surface area contributed by atoms with Gasteiger partial charge in [0.05, 0.1) is 19.8 Å². The zero-order chi connectivity index (χ0) is 19.8. The van der Waals surface area contributed by atoms with Crippen molar-refractivity contribution < 1.29 is 18.8 Å². The summed E-state index contributed by atoms with van der Waals surface area (Å²) >= 11 is 0. The van der Waals surface area contributed by atoms with Crippen LogP contribution in [0.15, 0.2) is 60.7 Å². The van der Waals surface area contributed by atoms with Crippen LogP contribution in [0, 0.1) is 0 Å². The molecule has 0 aliphatic carbocycles. The number of carbonyl (C=O) groups is 1. The predicted octanol–water partition coefficient (Wildman–Crippen LogP) is 3.24. The SMILES string of the molecule is CCOC(=O)NOCCO[Si](c1ccccc1)(c1ccccc1)C(C)(C)C. The molecule has 2 aromatic rings. The lowest BCUT2D eigenvalue weighted by atomic mass is 10.2.